The first kappa shape index (κ1) is 16.7. The molecular weight excluding hydrogens is 374 g/mol. The highest BCUT2D eigenvalue weighted by Crippen LogP contribution is 2.24. The lowest BCUT2D eigenvalue weighted by atomic mass is 9.87. The SMILES string of the molecule is CN1CCC(NC(=O)c2cc(Cl)cc(Br)c2)(C(N)=S)CC1. The molecule has 0 saturated carbocycles. The highest BCUT2D eigenvalue weighted by atomic mass is 79.9. The number of thiocarbonyl (C=S) groups is 1. The van der Waals surface area contributed by atoms with Gasteiger partial charge in [0.15, 0.2) is 0 Å². The number of amides is 1. The lowest BCUT2D eigenvalue weighted by Crippen LogP contribution is -2.61. The average Bonchev–Trinajstić information content (AvgIpc) is 2.40. The number of carbonyl (C=O) groups excluding carboxylic acids is 1. The Kier molecular flexibility index (Phi) is 5.24. The van der Waals surface area contributed by atoms with Crippen LogP contribution in [-0.2, 0) is 0 Å². The maximum absolute atomic E-state index is 12.5. The van der Waals surface area contributed by atoms with Crippen LogP contribution in [0.4, 0.5) is 0 Å². The van der Waals surface area contributed by atoms with E-state index in [0.29, 0.717) is 28.4 Å². The van der Waals surface area contributed by atoms with Crippen molar-refractivity contribution >= 4 is 50.6 Å². The molecule has 0 unspecified atom stereocenters. The Hall–Kier alpha value is -0.690. The maximum atomic E-state index is 12.5. The van der Waals surface area contributed by atoms with Gasteiger partial charge < -0.3 is 16.0 Å². The third kappa shape index (κ3) is 3.94. The molecule has 4 nitrogen and oxygen atoms in total. The van der Waals surface area contributed by atoms with Gasteiger partial charge in [-0.05, 0) is 38.1 Å². The average molecular weight is 391 g/mol. The number of benzene rings is 1. The van der Waals surface area contributed by atoms with Crippen LogP contribution in [0.15, 0.2) is 22.7 Å². The minimum absolute atomic E-state index is 0.212. The summed E-state index contributed by atoms with van der Waals surface area (Å²) in [5.41, 5.74) is 5.77. The van der Waals surface area contributed by atoms with Crippen LogP contribution in [0.25, 0.3) is 0 Å². The number of rotatable bonds is 3. The van der Waals surface area contributed by atoms with Gasteiger partial charge in [0.25, 0.3) is 5.91 Å². The predicted molar refractivity (Wildman–Crippen MR) is 92.9 cm³/mol. The molecule has 7 heteroatoms. The third-order valence-electron chi connectivity index (χ3n) is 3.79. The van der Waals surface area contributed by atoms with Crippen LogP contribution in [0.1, 0.15) is 23.2 Å². The van der Waals surface area contributed by atoms with E-state index in [0.717, 1.165) is 17.6 Å². The highest BCUT2D eigenvalue weighted by molar-refractivity contribution is 9.10. The van der Waals surface area contributed by atoms with Crippen molar-refractivity contribution < 1.29 is 4.79 Å². The number of nitrogens with zero attached hydrogens (tertiary/aromatic N) is 1. The molecule has 0 bridgehead atoms. The van der Waals surface area contributed by atoms with E-state index >= 15 is 0 Å². The van der Waals surface area contributed by atoms with Crippen molar-refractivity contribution in [3.8, 4) is 0 Å². The molecule has 3 N–H and O–H groups in total. The molecule has 1 amide bonds. The molecule has 1 fully saturated rings. The number of likely N-dealkylation sites (tertiary alicyclic amines) is 1. The molecular formula is C14H17BrClN3OS. The van der Waals surface area contributed by atoms with Crippen LogP contribution in [0, 0.1) is 0 Å². The topological polar surface area (TPSA) is 58.4 Å². The fourth-order valence-electron chi connectivity index (χ4n) is 2.41. The first-order chi connectivity index (χ1) is 9.82. The molecule has 1 saturated heterocycles. The summed E-state index contributed by atoms with van der Waals surface area (Å²) < 4.78 is 0.757. The third-order valence-corrected chi connectivity index (χ3v) is 4.86. The molecule has 0 aliphatic carbocycles. The van der Waals surface area contributed by atoms with Crippen LogP contribution in [-0.4, -0.2) is 41.5 Å². The number of carbonyl (C=O) groups is 1. The normalized spacial score (nSPS) is 18.2. The molecule has 21 heavy (non-hydrogen) atoms. The summed E-state index contributed by atoms with van der Waals surface area (Å²) >= 11 is 14.5. The number of hydrogen-bond acceptors (Lipinski definition) is 3. The molecule has 1 aliphatic heterocycles. The Morgan fingerprint density at radius 3 is 2.57 bits per heavy atom. The van der Waals surface area contributed by atoms with Gasteiger partial charge in [-0.25, -0.2) is 0 Å². The lowest BCUT2D eigenvalue weighted by Gasteiger charge is -2.40. The zero-order valence-corrected chi connectivity index (χ0v) is 14.8. The van der Waals surface area contributed by atoms with E-state index in [-0.39, 0.29) is 5.91 Å². The number of hydrogen-bond donors (Lipinski definition) is 2. The standard InChI is InChI=1S/C14H17BrClN3OS/c1-19-4-2-14(3-5-19,13(17)21)18-12(20)9-6-10(15)8-11(16)7-9/h6-8H,2-5H2,1H3,(H2,17,21)(H,18,20). The van der Waals surface area contributed by atoms with Crippen molar-refractivity contribution in [3.05, 3.63) is 33.3 Å². The smallest absolute Gasteiger partial charge is 0.252 e. The van der Waals surface area contributed by atoms with Gasteiger partial charge in [-0.1, -0.05) is 39.7 Å². The van der Waals surface area contributed by atoms with Crippen molar-refractivity contribution in [3.63, 3.8) is 0 Å². The highest BCUT2D eigenvalue weighted by Gasteiger charge is 2.38. The monoisotopic (exact) mass is 389 g/mol. The second kappa shape index (κ2) is 6.60. The van der Waals surface area contributed by atoms with Crippen LogP contribution in [0.5, 0.6) is 0 Å². The van der Waals surface area contributed by atoms with E-state index in [1.807, 2.05) is 7.05 Å². The fourth-order valence-corrected chi connectivity index (χ4v) is 3.52. The van der Waals surface area contributed by atoms with Gasteiger partial charge in [-0.15, -0.1) is 0 Å². The van der Waals surface area contributed by atoms with Crippen LogP contribution in [0.3, 0.4) is 0 Å². The molecule has 0 aromatic heterocycles. The quantitative estimate of drug-likeness (QED) is 0.779. The summed E-state index contributed by atoms with van der Waals surface area (Å²) in [5.74, 6) is -0.212. The number of halogens is 2. The molecule has 0 atom stereocenters. The van der Waals surface area contributed by atoms with Crippen LogP contribution in [0.2, 0.25) is 5.02 Å². The molecule has 0 radical (unpaired) electrons. The van der Waals surface area contributed by atoms with Gasteiger partial charge in [-0.2, -0.15) is 0 Å². The van der Waals surface area contributed by atoms with E-state index in [9.17, 15) is 4.79 Å². The first-order valence-electron chi connectivity index (χ1n) is 6.59. The van der Waals surface area contributed by atoms with Crippen molar-refractivity contribution in [2.75, 3.05) is 20.1 Å². The van der Waals surface area contributed by atoms with Gasteiger partial charge in [0.2, 0.25) is 0 Å². The summed E-state index contributed by atoms with van der Waals surface area (Å²) in [6, 6.07) is 5.09. The molecule has 0 spiro atoms. The molecule has 114 valence electrons. The van der Waals surface area contributed by atoms with Gasteiger partial charge in [0, 0.05) is 28.1 Å². The molecule has 1 aromatic carbocycles. The Balaban J connectivity index is 2.21. The Morgan fingerprint density at radius 2 is 2.05 bits per heavy atom. The van der Waals surface area contributed by atoms with Gasteiger partial charge >= 0.3 is 0 Å². The van der Waals surface area contributed by atoms with E-state index in [1.165, 1.54) is 0 Å². The van der Waals surface area contributed by atoms with E-state index in [4.69, 9.17) is 29.6 Å². The van der Waals surface area contributed by atoms with Crippen molar-refractivity contribution in [2.24, 2.45) is 5.73 Å². The number of piperidine rings is 1. The minimum atomic E-state index is -0.617. The van der Waals surface area contributed by atoms with Gasteiger partial charge in [-0.3, -0.25) is 4.79 Å². The van der Waals surface area contributed by atoms with Gasteiger partial charge in [0.05, 0.1) is 10.5 Å². The Morgan fingerprint density at radius 1 is 1.43 bits per heavy atom. The predicted octanol–water partition coefficient (Wildman–Crippen LogP) is 2.58. The zero-order chi connectivity index (χ0) is 15.6. The Labute approximate surface area is 143 Å². The zero-order valence-electron chi connectivity index (χ0n) is 11.7. The maximum Gasteiger partial charge on any atom is 0.252 e. The number of nitrogens with two attached hydrogens (primary N) is 1. The second-order valence-corrected chi connectivity index (χ2v) is 7.15. The van der Waals surface area contributed by atoms with Gasteiger partial charge in [0.1, 0.15) is 0 Å². The fraction of sp³-hybridized carbons (Fsp3) is 0.429. The molecule has 1 aromatic rings. The summed E-state index contributed by atoms with van der Waals surface area (Å²) in [7, 11) is 2.04. The van der Waals surface area contributed by atoms with Crippen LogP contribution >= 0.6 is 39.7 Å². The molecule has 1 aliphatic rings. The van der Waals surface area contributed by atoms with E-state index < -0.39 is 5.54 Å². The molecule has 2 rings (SSSR count). The summed E-state index contributed by atoms with van der Waals surface area (Å²) in [6.45, 7) is 1.69. The second-order valence-electron chi connectivity index (χ2n) is 5.36. The van der Waals surface area contributed by atoms with E-state index in [2.05, 4.69) is 26.1 Å². The first-order valence-corrected chi connectivity index (χ1v) is 8.17. The molecule has 1 heterocycles. The Bertz CT molecular complexity index is 553. The minimum Gasteiger partial charge on any atom is -0.391 e. The summed E-state index contributed by atoms with van der Waals surface area (Å²) in [6.07, 6.45) is 1.43. The van der Waals surface area contributed by atoms with E-state index in [1.54, 1.807) is 18.2 Å². The van der Waals surface area contributed by atoms with Crippen LogP contribution < -0.4 is 11.1 Å². The summed E-state index contributed by atoms with van der Waals surface area (Å²) in [5, 5.41) is 3.51. The lowest BCUT2D eigenvalue weighted by molar-refractivity contribution is 0.0890. The summed E-state index contributed by atoms with van der Waals surface area (Å²) in [4.78, 5) is 15.0. The van der Waals surface area contributed by atoms with Crippen molar-refractivity contribution in [1.82, 2.24) is 10.2 Å². The largest absolute Gasteiger partial charge is 0.391 e. The van der Waals surface area contributed by atoms with Crippen molar-refractivity contribution in [2.45, 2.75) is 18.4 Å². The van der Waals surface area contributed by atoms with Crippen molar-refractivity contribution in [1.29, 1.82) is 0 Å². The number of nitrogens with one attached hydrogen (secondary N) is 1.